The van der Waals surface area contributed by atoms with Gasteiger partial charge in [0.2, 0.25) is 0 Å². The molecule has 4 nitrogen and oxygen atoms in total. The number of rotatable bonds is 5. The van der Waals surface area contributed by atoms with E-state index in [1.165, 1.54) is 25.7 Å². The zero-order chi connectivity index (χ0) is 13.1. The van der Waals surface area contributed by atoms with Crippen LogP contribution in [0.5, 0.6) is 0 Å². The van der Waals surface area contributed by atoms with E-state index in [0.29, 0.717) is 11.3 Å². The minimum absolute atomic E-state index is 0.0563. The molecule has 2 aliphatic rings. The zero-order valence-corrected chi connectivity index (χ0v) is 11.9. The Labute approximate surface area is 118 Å². The molecule has 2 atom stereocenters. The van der Waals surface area contributed by atoms with Gasteiger partial charge < -0.3 is 10.4 Å². The third-order valence-corrected chi connectivity index (χ3v) is 5.21. The summed E-state index contributed by atoms with van der Waals surface area (Å²) in [7, 11) is 0. The molecule has 104 valence electrons. The average molecular weight is 279 g/mol. The van der Waals surface area contributed by atoms with Crippen molar-refractivity contribution < 1.29 is 5.11 Å². The maximum Gasteiger partial charge on any atom is 0.115 e. The Morgan fingerprint density at radius 2 is 2.26 bits per heavy atom. The van der Waals surface area contributed by atoms with Crippen LogP contribution in [0.4, 0.5) is 0 Å². The molecule has 0 amide bonds. The molecule has 1 heterocycles. The van der Waals surface area contributed by atoms with Crippen molar-refractivity contribution >= 4 is 11.8 Å². The molecule has 2 N–H and O–H groups in total. The van der Waals surface area contributed by atoms with Gasteiger partial charge >= 0.3 is 0 Å². The number of aliphatic hydroxyl groups is 1. The summed E-state index contributed by atoms with van der Waals surface area (Å²) in [5.41, 5.74) is -0.0563. The van der Waals surface area contributed by atoms with Crippen LogP contribution in [0.1, 0.15) is 38.5 Å². The van der Waals surface area contributed by atoms with Crippen molar-refractivity contribution in [3.63, 3.8) is 0 Å². The number of aromatic nitrogens is 2. The van der Waals surface area contributed by atoms with Crippen LogP contribution in [0.25, 0.3) is 0 Å². The van der Waals surface area contributed by atoms with Gasteiger partial charge in [-0.25, -0.2) is 4.98 Å². The van der Waals surface area contributed by atoms with Crippen LogP contribution >= 0.6 is 11.8 Å². The Bertz CT molecular complexity index is 412. The minimum Gasteiger partial charge on any atom is -0.394 e. The largest absolute Gasteiger partial charge is 0.394 e. The summed E-state index contributed by atoms with van der Waals surface area (Å²) in [5.74, 6) is 0. The van der Waals surface area contributed by atoms with Gasteiger partial charge in [-0.2, -0.15) is 0 Å². The van der Waals surface area contributed by atoms with E-state index in [9.17, 15) is 5.11 Å². The number of aliphatic hydroxyl groups excluding tert-OH is 1. The molecule has 1 aromatic heterocycles. The zero-order valence-electron chi connectivity index (χ0n) is 11.1. The van der Waals surface area contributed by atoms with E-state index in [4.69, 9.17) is 0 Å². The molecule has 2 aliphatic carbocycles. The fraction of sp³-hybridized carbons (Fsp3) is 0.714. The van der Waals surface area contributed by atoms with Crippen molar-refractivity contribution in [1.82, 2.24) is 15.3 Å². The predicted molar refractivity (Wildman–Crippen MR) is 76.1 cm³/mol. The van der Waals surface area contributed by atoms with E-state index in [0.717, 1.165) is 17.9 Å². The monoisotopic (exact) mass is 279 g/mol. The second-order valence-electron chi connectivity index (χ2n) is 5.74. The molecule has 0 radical (unpaired) electrons. The molecule has 0 aliphatic heterocycles. The smallest absolute Gasteiger partial charge is 0.115 e. The summed E-state index contributed by atoms with van der Waals surface area (Å²) >= 11 is 1.80. The highest BCUT2D eigenvalue weighted by Crippen LogP contribution is 2.39. The number of hydrogen-bond acceptors (Lipinski definition) is 5. The average Bonchev–Trinajstić information content (AvgIpc) is 3.24. The predicted octanol–water partition coefficient (Wildman–Crippen LogP) is 1.99. The lowest BCUT2D eigenvalue weighted by Crippen LogP contribution is -2.53. The van der Waals surface area contributed by atoms with Crippen LogP contribution in [-0.4, -0.2) is 38.5 Å². The van der Waals surface area contributed by atoms with Crippen molar-refractivity contribution in [2.24, 2.45) is 0 Å². The van der Waals surface area contributed by atoms with Crippen LogP contribution in [0.3, 0.4) is 0 Å². The van der Waals surface area contributed by atoms with Crippen molar-refractivity contribution in [3.05, 3.63) is 18.6 Å². The molecule has 0 aromatic carbocycles. The Morgan fingerprint density at radius 3 is 2.95 bits per heavy atom. The number of nitrogens with one attached hydrogen (secondary N) is 1. The number of nitrogens with zero attached hydrogens (tertiary/aromatic N) is 2. The highest BCUT2D eigenvalue weighted by Gasteiger charge is 2.40. The van der Waals surface area contributed by atoms with Gasteiger partial charge in [-0.3, -0.25) is 4.98 Å². The Morgan fingerprint density at radius 1 is 1.37 bits per heavy atom. The van der Waals surface area contributed by atoms with E-state index in [-0.39, 0.29) is 12.1 Å². The number of thioether (sulfide) groups is 1. The summed E-state index contributed by atoms with van der Waals surface area (Å²) in [4.78, 5) is 8.45. The van der Waals surface area contributed by atoms with E-state index < -0.39 is 0 Å². The van der Waals surface area contributed by atoms with Gasteiger partial charge in [-0.05, 0) is 32.1 Å². The van der Waals surface area contributed by atoms with Crippen molar-refractivity contribution in [2.45, 2.75) is 60.4 Å². The maximum absolute atomic E-state index is 9.80. The van der Waals surface area contributed by atoms with Crippen LogP contribution in [0.15, 0.2) is 23.6 Å². The third-order valence-electron chi connectivity index (χ3n) is 4.02. The first-order valence-corrected chi connectivity index (χ1v) is 7.99. The standard InChI is InChI=1S/C14H21N3OS/c18-10-14(17-11-3-4-11)5-1-2-12(8-14)19-13-9-15-6-7-16-13/h6-7,9,11-12,17-18H,1-5,8,10H2. The molecular weight excluding hydrogens is 258 g/mol. The van der Waals surface area contributed by atoms with Gasteiger partial charge in [0.25, 0.3) is 0 Å². The number of hydrogen-bond donors (Lipinski definition) is 2. The van der Waals surface area contributed by atoms with Crippen molar-refractivity contribution in [2.75, 3.05) is 6.61 Å². The summed E-state index contributed by atoms with van der Waals surface area (Å²) < 4.78 is 0. The Kier molecular flexibility index (Phi) is 4.05. The van der Waals surface area contributed by atoms with E-state index in [1.807, 2.05) is 6.20 Å². The molecule has 0 bridgehead atoms. The lowest BCUT2D eigenvalue weighted by molar-refractivity contribution is 0.122. The first-order chi connectivity index (χ1) is 9.30. The molecule has 5 heteroatoms. The first kappa shape index (κ1) is 13.3. The molecule has 2 saturated carbocycles. The Hall–Kier alpha value is -0.650. The summed E-state index contributed by atoms with van der Waals surface area (Å²) in [6.45, 7) is 0.251. The first-order valence-electron chi connectivity index (χ1n) is 7.11. The summed E-state index contributed by atoms with van der Waals surface area (Å²) in [6.07, 6.45) is 12.3. The summed E-state index contributed by atoms with van der Waals surface area (Å²) in [5, 5.41) is 15.0. The van der Waals surface area contributed by atoms with Gasteiger partial charge in [0.05, 0.1) is 12.8 Å². The van der Waals surface area contributed by atoms with Crippen LogP contribution in [0.2, 0.25) is 0 Å². The minimum atomic E-state index is -0.0563. The molecule has 3 rings (SSSR count). The van der Waals surface area contributed by atoms with Gasteiger partial charge in [-0.1, -0.05) is 6.42 Å². The van der Waals surface area contributed by atoms with Gasteiger partial charge in [0, 0.05) is 29.2 Å². The molecule has 2 unspecified atom stereocenters. The van der Waals surface area contributed by atoms with Crippen molar-refractivity contribution in [3.8, 4) is 0 Å². The van der Waals surface area contributed by atoms with Gasteiger partial charge in [-0.15, -0.1) is 11.8 Å². The second-order valence-corrected chi connectivity index (χ2v) is 7.06. The lowest BCUT2D eigenvalue weighted by atomic mass is 9.82. The molecule has 19 heavy (non-hydrogen) atoms. The van der Waals surface area contributed by atoms with Gasteiger partial charge in [0.1, 0.15) is 5.03 Å². The van der Waals surface area contributed by atoms with E-state index >= 15 is 0 Å². The maximum atomic E-state index is 9.80. The second kappa shape index (κ2) is 5.77. The van der Waals surface area contributed by atoms with Crippen molar-refractivity contribution in [1.29, 1.82) is 0 Å². The van der Waals surface area contributed by atoms with E-state index in [2.05, 4.69) is 15.3 Å². The quantitative estimate of drug-likeness (QED) is 0.863. The molecule has 2 fully saturated rings. The third kappa shape index (κ3) is 3.46. The highest BCUT2D eigenvalue weighted by atomic mass is 32.2. The van der Waals surface area contributed by atoms with Crippen LogP contribution < -0.4 is 5.32 Å². The molecule has 0 spiro atoms. The van der Waals surface area contributed by atoms with E-state index in [1.54, 1.807) is 24.2 Å². The topological polar surface area (TPSA) is 58.0 Å². The molecular formula is C14H21N3OS. The molecule has 0 saturated heterocycles. The summed E-state index contributed by atoms with van der Waals surface area (Å²) in [6, 6.07) is 0.646. The fourth-order valence-corrected chi connectivity index (χ4v) is 4.18. The van der Waals surface area contributed by atoms with Crippen LogP contribution in [0, 0.1) is 0 Å². The highest BCUT2D eigenvalue weighted by molar-refractivity contribution is 7.99. The SMILES string of the molecule is OCC1(NC2CC2)CCCC(Sc2cnccn2)C1. The van der Waals surface area contributed by atoms with Gasteiger partial charge in [0.15, 0.2) is 0 Å². The lowest BCUT2D eigenvalue weighted by Gasteiger charge is -2.40. The normalized spacial score (nSPS) is 31.3. The van der Waals surface area contributed by atoms with Crippen LogP contribution in [-0.2, 0) is 0 Å². The fourth-order valence-electron chi connectivity index (χ4n) is 2.91. The Balaban J connectivity index is 1.63. The molecule has 1 aromatic rings.